The van der Waals surface area contributed by atoms with E-state index in [0.29, 0.717) is 6.54 Å². The molecule has 0 spiro atoms. The number of halogens is 2. The zero-order chi connectivity index (χ0) is 15.4. The van der Waals surface area contributed by atoms with Crippen molar-refractivity contribution in [3.05, 3.63) is 50.4 Å². The fourth-order valence-electron chi connectivity index (χ4n) is 2.05. The topological polar surface area (TPSA) is 30.5 Å². The number of hydrogen-bond donors (Lipinski definition) is 1. The monoisotopic (exact) mass is 413 g/mol. The van der Waals surface area contributed by atoms with Gasteiger partial charge in [-0.1, -0.05) is 6.07 Å². The van der Waals surface area contributed by atoms with Gasteiger partial charge in [-0.3, -0.25) is 0 Å². The fraction of sp³-hybridized carbons (Fsp3) is 0.250. The molecule has 2 rings (SSSR count). The van der Waals surface area contributed by atoms with E-state index in [0.717, 1.165) is 31.7 Å². The van der Waals surface area contributed by atoms with Gasteiger partial charge in [0.1, 0.15) is 0 Å². The number of rotatable bonds is 5. The maximum absolute atomic E-state index is 5.32. The maximum atomic E-state index is 5.32. The lowest BCUT2D eigenvalue weighted by atomic mass is 10.2. The van der Waals surface area contributed by atoms with Crippen LogP contribution in [0, 0.1) is 6.92 Å². The van der Waals surface area contributed by atoms with E-state index in [1.807, 2.05) is 18.2 Å². The Morgan fingerprint density at radius 2 is 1.57 bits per heavy atom. The Bertz CT molecular complexity index is 621. The van der Waals surface area contributed by atoms with Gasteiger partial charge in [0.25, 0.3) is 0 Å². The van der Waals surface area contributed by atoms with Gasteiger partial charge in [-0.25, -0.2) is 0 Å². The summed E-state index contributed by atoms with van der Waals surface area (Å²) in [6, 6.07) is 10.1. The van der Waals surface area contributed by atoms with E-state index >= 15 is 0 Å². The van der Waals surface area contributed by atoms with Crippen molar-refractivity contribution in [2.45, 2.75) is 13.5 Å². The second kappa shape index (κ2) is 7.18. The first-order valence-electron chi connectivity index (χ1n) is 6.45. The molecule has 2 aromatic carbocycles. The quantitative estimate of drug-likeness (QED) is 0.733. The van der Waals surface area contributed by atoms with Crippen LogP contribution in [0.25, 0.3) is 0 Å². The lowest BCUT2D eigenvalue weighted by molar-refractivity contribution is 0.354. The van der Waals surface area contributed by atoms with Gasteiger partial charge in [0, 0.05) is 15.5 Å². The minimum absolute atomic E-state index is 0.695. The first-order valence-corrected chi connectivity index (χ1v) is 8.04. The van der Waals surface area contributed by atoms with Crippen LogP contribution in [0.15, 0.2) is 39.3 Å². The molecule has 1 N–H and O–H groups in total. The Balaban J connectivity index is 2.17. The van der Waals surface area contributed by atoms with Crippen LogP contribution >= 0.6 is 31.9 Å². The van der Waals surface area contributed by atoms with Crippen molar-refractivity contribution in [1.29, 1.82) is 0 Å². The van der Waals surface area contributed by atoms with Crippen LogP contribution in [0.3, 0.4) is 0 Å². The Labute approximate surface area is 141 Å². The van der Waals surface area contributed by atoms with Crippen molar-refractivity contribution in [1.82, 2.24) is 0 Å². The van der Waals surface area contributed by atoms with Gasteiger partial charge in [-0.15, -0.1) is 0 Å². The molecule has 0 fully saturated rings. The van der Waals surface area contributed by atoms with Crippen molar-refractivity contribution in [3.63, 3.8) is 0 Å². The van der Waals surface area contributed by atoms with Crippen LogP contribution in [0.2, 0.25) is 0 Å². The van der Waals surface area contributed by atoms with Crippen LogP contribution in [0.1, 0.15) is 11.1 Å². The van der Waals surface area contributed by atoms with E-state index < -0.39 is 0 Å². The molecule has 0 aromatic heterocycles. The number of benzene rings is 2. The molecule has 0 bridgehead atoms. The summed E-state index contributed by atoms with van der Waals surface area (Å²) in [5.74, 6) is 1.47. The van der Waals surface area contributed by atoms with Crippen LogP contribution in [0.5, 0.6) is 11.5 Å². The van der Waals surface area contributed by atoms with Crippen molar-refractivity contribution in [2.75, 3.05) is 19.5 Å². The molecule has 2 aromatic rings. The molecule has 0 amide bonds. The predicted octanol–water partition coefficient (Wildman–Crippen LogP) is 5.15. The Morgan fingerprint density at radius 3 is 2.14 bits per heavy atom. The Kier molecular flexibility index (Phi) is 5.53. The molecule has 0 aliphatic carbocycles. The minimum Gasteiger partial charge on any atom is -0.493 e. The fourth-order valence-corrected chi connectivity index (χ4v) is 3.75. The van der Waals surface area contributed by atoms with Crippen molar-refractivity contribution < 1.29 is 9.47 Å². The van der Waals surface area contributed by atoms with Gasteiger partial charge < -0.3 is 14.8 Å². The molecular weight excluding hydrogens is 398 g/mol. The highest BCUT2D eigenvalue weighted by Gasteiger charge is 2.08. The van der Waals surface area contributed by atoms with Gasteiger partial charge in [-0.05, 0) is 74.2 Å². The van der Waals surface area contributed by atoms with E-state index in [9.17, 15) is 0 Å². The first-order chi connectivity index (χ1) is 10.0. The second-order valence-corrected chi connectivity index (χ2v) is 6.36. The summed E-state index contributed by atoms with van der Waals surface area (Å²) in [6.45, 7) is 2.76. The minimum atomic E-state index is 0.695. The zero-order valence-electron chi connectivity index (χ0n) is 12.2. The Hall–Kier alpha value is -1.20. The average Bonchev–Trinajstić information content (AvgIpc) is 2.45. The number of aryl methyl sites for hydroxylation is 1. The van der Waals surface area contributed by atoms with Gasteiger partial charge in [-0.2, -0.15) is 0 Å². The molecule has 5 heteroatoms. The first kappa shape index (κ1) is 16.2. The molecule has 0 aliphatic rings. The number of hydrogen-bond acceptors (Lipinski definition) is 3. The lowest BCUT2D eigenvalue weighted by Crippen LogP contribution is -2.02. The van der Waals surface area contributed by atoms with Crippen LogP contribution in [-0.4, -0.2) is 14.2 Å². The number of anilines is 1. The predicted molar refractivity (Wildman–Crippen MR) is 93.5 cm³/mol. The van der Waals surface area contributed by atoms with Crippen molar-refractivity contribution in [2.24, 2.45) is 0 Å². The summed E-state index contributed by atoms with van der Waals surface area (Å²) in [7, 11) is 3.28. The number of nitrogens with one attached hydrogen (secondary N) is 1. The van der Waals surface area contributed by atoms with Crippen LogP contribution in [-0.2, 0) is 6.54 Å². The van der Waals surface area contributed by atoms with E-state index in [2.05, 4.69) is 56.2 Å². The molecule has 0 radical (unpaired) electrons. The van der Waals surface area contributed by atoms with Crippen molar-refractivity contribution >= 4 is 37.5 Å². The smallest absolute Gasteiger partial charge is 0.161 e. The standard InChI is InChI=1S/C16H17Br2NO2/c1-10-6-12(17)16(13(18)7-10)19-9-11-4-5-14(20-2)15(8-11)21-3/h4-8,19H,9H2,1-3H3. The molecule has 21 heavy (non-hydrogen) atoms. The van der Waals surface area contributed by atoms with E-state index in [4.69, 9.17) is 9.47 Å². The van der Waals surface area contributed by atoms with Crippen LogP contribution < -0.4 is 14.8 Å². The second-order valence-electron chi connectivity index (χ2n) is 4.65. The summed E-state index contributed by atoms with van der Waals surface area (Å²) in [5.41, 5.74) is 3.35. The molecule has 0 heterocycles. The largest absolute Gasteiger partial charge is 0.493 e. The van der Waals surface area contributed by atoms with E-state index in [-0.39, 0.29) is 0 Å². The highest BCUT2D eigenvalue weighted by atomic mass is 79.9. The maximum Gasteiger partial charge on any atom is 0.161 e. The van der Waals surface area contributed by atoms with Crippen molar-refractivity contribution in [3.8, 4) is 11.5 Å². The normalized spacial score (nSPS) is 10.3. The summed E-state index contributed by atoms with van der Waals surface area (Å²) >= 11 is 7.17. The van der Waals surface area contributed by atoms with Gasteiger partial charge in [0.2, 0.25) is 0 Å². The molecule has 3 nitrogen and oxygen atoms in total. The highest BCUT2D eigenvalue weighted by Crippen LogP contribution is 2.33. The highest BCUT2D eigenvalue weighted by molar-refractivity contribution is 9.11. The zero-order valence-corrected chi connectivity index (χ0v) is 15.3. The van der Waals surface area contributed by atoms with E-state index in [1.165, 1.54) is 5.56 Å². The number of ether oxygens (including phenoxy) is 2. The third kappa shape index (κ3) is 3.92. The molecular formula is C16H17Br2NO2. The molecule has 0 saturated heterocycles. The van der Waals surface area contributed by atoms with Gasteiger partial charge >= 0.3 is 0 Å². The molecule has 112 valence electrons. The van der Waals surface area contributed by atoms with Crippen LogP contribution in [0.4, 0.5) is 5.69 Å². The average molecular weight is 415 g/mol. The molecule has 0 unspecified atom stereocenters. The molecule has 0 aliphatic heterocycles. The third-order valence-electron chi connectivity index (χ3n) is 3.10. The summed E-state index contributed by atoms with van der Waals surface area (Å²) in [6.07, 6.45) is 0. The summed E-state index contributed by atoms with van der Waals surface area (Å²) in [5, 5.41) is 3.42. The number of methoxy groups -OCH3 is 2. The third-order valence-corrected chi connectivity index (χ3v) is 4.35. The van der Waals surface area contributed by atoms with Gasteiger partial charge in [0.15, 0.2) is 11.5 Å². The Morgan fingerprint density at radius 1 is 0.952 bits per heavy atom. The summed E-state index contributed by atoms with van der Waals surface area (Å²) in [4.78, 5) is 0. The summed E-state index contributed by atoms with van der Waals surface area (Å²) < 4.78 is 12.6. The molecule has 0 atom stereocenters. The lowest BCUT2D eigenvalue weighted by Gasteiger charge is -2.13. The van der Waals surface area contributed by atoms with Gasteiger partial charge in [0.05, 0.1) is 19.9 Å². The SMILES string of the molecule is COc1ccc(CNc2c(Br)cc(C)cc2Br)cc1OC. The molecule has 0 saturated carbocycles. The van der Waals surface area contributed by atoms with E-state index in [1.54, 1.807) is 14.2 Å².